The van der Waals surface area contributed by atoms with Crippen LogP contribution >= 0.6 is 0 Å². The molecule has 0 aliphatic heterocycles. The molecule has 5 nitrogen and oxygen atoms in total. The highest BCUT2D eigenvalue weighted by Gasteiger charge is 2.36. The Morgan fingerprint density at radius 1 is 1.32 bits per heavy atom. The topological polar surface area (TPSA) is 53.9 Å². The second-order valence-electron chi connectivity index (χ2n) is 6.97. The van der Waals surface area contributed by atoms with Gasteiger partial charge in [-0.15, -0.1) is 0 Å². The van der Waals surface area contributed by atoms with Gasteiger partial charge in [0.05, 0.1) is 7.05 Å². The van der Waals surface area contributed by atoms with Gasteiger partial charge in [0.2, 0.25) is 0 Å². The Morgan fingerprint density at radius 3 is 2.59 bits per heavy atom. The van der Waals surface area contributed by atoms with Gasteiger partial charge in [0, 0.05) is 17.8 Å². The summed E-state index contributed by atoms with van der Waals surface area (Å²) in [6.45, 7) is 4.63. The molecule has 2 N–H and O–H groups in total. The van der Waals surface area contributed by atoms with Crippen LogP contribution in [0.1, 0.15) is 52.4 Å². The van der Waals surface area contributed by atoms with E-state index in [0.717, 1.165) is 30.6 Å². The zero-order valence-corrected chi connectivity index (χ0v) is 14.2. The minimum atomic E-state index is 0.00940. The standard InChI is InChI=1S/C17H29N3O2/c1-13(2)18-16(21)11-19(3)12-17(22)20(15-9-10-15)14-7-5-4-6-8-14/h7,13,15H,4-6,8-12H2,1-3H3,(H,18,21)/p+1. The monoisotopic (exact) mass is 308 g/mol. The summed E-state index contributed by atoms with van der Waals surface area (Å²) >= 11 is 0. The van der Waals surface area contributed by atoms with Crippen LogP contribution in [0.2, 0.25) is 0 Å². The SMILES string of the molecule is CC(C)NC(=O)C[NH+](C)CC(=O)N(C1=CCCCC1)C1CC1. The summed E-state index contributed by atoms with van der Waals surface area (Å²) in [5, 5.41) is 2.88. The third kappa shape index (κ3) is 5.13. The highest BCUT2D eigenvalue weighted by molar-refractivity contribution is 5.80. The van der Waals surface area contributed by atoms with Crippen molar-refractivity contribution in [2.75, 3.05) is 20.1 Å². The normalized spacial score (nSPS) is 19.5. The lowest BCUT2D eigenvalue weighted by molar-refractivity contribution is -0.863. The molecule has 124 valence electrons. The van der Waals surface area contributed by atoms with Crippen LogP contribution in [0, 0.1) is 0 Å². The second-order valence-corrected chi connectivity index (χ2v) is 6.97. The summed E-state index contributed by atoms with van der Waals surface area (Å²) in [4.78, 5) is 27.4. The molecule has 2 aliphatic carbocycles. The lowest BCUT2D eigenvalue weighted by atomic mass is 10.0. The maximum atomic E-state index is 12.7. The average molecular weight is 308 g/mol. The van der Waals surface area contributed by atoms with Crippen LogP contribution in [-0.4, -0.2) is 48.9 Å². The summed E-state index contributed by atoms with van der Waals surface area (Å²) in [6, 6.07) is 0.556. The summed E-state index contributed by atoms with van der Waals surface area (Å²) < 4.78 is 0. The van der Waals surface area contributed by atoms with Crippen molar-refractivity contribution in [2.45, 2.75) is 64.5 Å². The molecule has 0 heterocycles. The van der Waals surface area contributed by atoms with Crippen molar-refractivity contribution < 1.29 is 14.5 Å². The minimum absolute atomic E-state index is 0.00940. The second kappa shape index (κ2) is 7.77. The van der Waals surface area contributed by atoms with Gasteiger partial charge in [0.1, 0.15) is 0 Å². The fourth-order valence-electron chi connectivity index (χ4n) is 3.02. The number of nitrogens with one attached hydrogen (secondary N) is 2. The van der Waals surface area contributed by atoms with E-state index in [1.165, 1.54) is 18.5 Å². The first-order valence-electron chi connectivity index (χ1n) is 8.59. The van der Waals surface area contributed by atoms with Gasteiger partial charge in [-0.25, -0.2) is 0 Å². The van der Waals surface area contributed by atoms with Crippen molar-refractivity contribution in [1.82, 2.24) is 10.2 Å². The number of quaternary nitrogens is 1. The van der Waals surface area contributed by atoms with Crippen molar-refractivity contribution in [3.8, 4) is 0 Å². The molecule has 0 bridgehead atoms. The molecule has 0 spiro atoms. The molecule has 0 aromatic heterocycles. The maximum Gasteiger partial charge on any atom is 0.282 e. The Bertz CT molecular complexity index is 441. The van der Waals surface area contributed by atoms with Gasteiger partial charge in [-0.2, -0.15) is 0 Å². The summed E-state index contributed by atoms with van der Waals surface area (Å²) in [6.07, 6.45) is 9.01. The largest absolute Gasteiger partial charge is 0.349 e. The van der Waals surface area contributed by atoms with Crippen LogP contribution in [0.3, 0.4) is 0 Å². The number of hydrogen-bond donors (Lipinski definition) is 2. The molecule has 2 rings (SSSR count). The van der Waals surface area contributed by atoms with E-state index in [2.05, 4.69) is 11.4 Å². The Labute approximate surface area is 133 Å². The first-order chi connectivity index (χ1) is 10.5. The summed E-state index contributed by atoms with van der Waals surface area (Å²) in [5.41, 5.74) is 1.22. The number of carbonyl (C=O) groups excluding carboxylic acids is 2. The van der Waals surface area contributed by atoms with Crippen LogP contribution < -0.4 is 10.2 Å². The summed E-state index contributed by atoms with van der Waals surface area (Å²) in [5.74, 6) is 0.181. The summed E-state index contributed by atoms with van der Waals surface area (Å²) in [7, 11) is 1.91. The van der Waals surface area contributed by atoms with Crippen molar-refractivity contribution in [2.24, 2.45) is 0 Å². The van der Waals surface area contributed by atoms with E-state index in [-0.39, 0.29) is 17.9 Å². The quantitative estimate of drug-likeness (QED) is 0.718. The molecular weight excluding hydrogens is 278 g/mol. The lowest BCUT2D eigenvalue weighted by Gasteiger charge is -2.28. The zero-order chi connectivity index (χ0) is 16.1. The molecule has 0 aromatic rings. The Balaban J connectivity index is 1.88. The van der Waals surface area contributed by atoms with Crippen LogP contribution in [0.25, 0.3) is 0 Å². The highest BCUT2D eigenvalue weighted by Crippen LogP contribution is 2.33. The third-order valence-electron chi connectivity index (χ3n) is 4.12. The molecule has 1 atom stereocenters. The number of amides is 2. The van der Waals surface area contributed by atoms with E-state index in [1.807, 2.05) is 25.8 Å². The van der Waals surface area contributed by atoms with Crippen LogP contribution in [0.5, 0.6) is 0 Å². The fraction of sp³-hybridized carbons (Fsp3) is 0.765. The molecule has 1 fully saturated rings. The molecule has 0 radical (unpaired) electrons. The van der Waals surface area contributed by atoms with E-state index >= 15 is 0 Å². The number of nitrogens with zero attached hydrogens (tertiary/aromatic N) is 1. The van der Waals surface area contributed by atoms with Gasteiger partial charge < -0.3 is 15.1 Å². The molecular formula is C17H30N3O2+. The molecule has 5 heteroatoms. The molecule has 0 saturated heterocycles. The average Bonchev–Trinajstić information content (AvgIpc) is 3.23. The van der Waals surface area contributed by atoms with Crippen LogP contribution in [0.4, 0.5) is 0 Å². The van der Waals surface area contributed by atoms with Crippen LogP contribution in [0.15, 0.2) is 11.8 Å². The molecule has 0 aromatic carbocycles. The Kier molecular flexibility index (Phi) is 6.00. The van der Waals surface area contributed by atoms with Crippen molar-refractivity contribution >= 4 is 11.8 Å². The molecule has 1 unspecified atom stereocenters. The predicted molar refractivity (Wildman–Crippen MR) is 86.3 cm³/mol. The number of carbonyl (C=O) groups is 2. The van der Waals surface area contributed by atoms with Crippen molar-refractivity contribution in [3.63, 3.8) is 0 Å². The lowest BCUT2D eigenvalue weighted by Crippen LogP contribution is -3.11. The predicted octanol–water partition coefficient (Wildman–Crippen LogP) is 0.475. The van der Waals surface area contributed by atoms with E-state index in [0.29, 0.717) is 19.1 Å². The Hall–Kier alpha value is -1.36. The molecule has 2 amide bonds. The van der Waals surface area contributed by atoms with Crippen molar-refractivity contribution in [3.05, 3.63) is 11.8 Å². The van der Waals surface area contributed by atoms with E-state index in [1.54, 1.807) is 0 Å². The van der Waals surface area contributed by atoms with Gasteiger partial charge in [-0.1, -0.05) is 6.08 Å². The van der Waals surface area contributed by atoms with Crippen LogP contribution in [-0.2, 0) is 9.59 Å². The highest BCUT2D eigenvalue weighted by atomic mass is 16.2. The number of allylic oxidation sites excluding steroid dienone is 2. The minimum Gasteiger partial charge on any atom is -0.349 e. The van der Waals surface area contributed by atoms with Gasteiger partial charge in [0.25, 0.3) is 11.8 Å². The van der Waals surface area contributed by atoms with Gasteiger partial charge in [0.15, 0.2) is 13.1 Å². The van der Waals surface area contributed by atoms with E-state index in [4.69, 9.17) is 0 Å². The zero-order valence-electron chi connectivity index (χ0n) is 14.2. The molecule has 22 heavy (non-hydrogen) atoms. The fourth-order valence-corrected chi connectivity index (χ4v) is 3.02. The van der Waals surface area contributed by atoms with Gasteiger partial charge >= 0.3 is 0 Å². The number of rotatable bonds is 7. The van der Waals surface area contributed by atoms with Crippen molar-refractivity contribution in [1.29, 1.82) is 0 Å². The van der Waals surface area contributed by atoms with Gasteiger partial charge in [-0.3, -0.25) is 9.59 Å². The van der Waals surface area contributed by atoms with E-state index in [9.17, 15) is 9.59 Å². The maximum absolute atomic E-state index is 12.7. The first-order valence-corrected chi connectivity index (χ1v) is 8.59. The molecule has 2 aliphatic rings. The smallest absolute Gasteiger partial charge is 0.282 e. The Morgan fingerprint density at radius 2 is 2.05 bits per heavy atom. The number of likely N-dealkylation sites (N-methyl/N-ethyl adjacent to an activating group) is 1. The molecule has 1 saturated carbocycles. The number of hydrogen-bond acceptors (Lipinski definition) is 2. The third-order valence-corrected chi connectivity index (χ3v) is 4.12. The van der Waals surface area contributed by atoms with E-state index < -0.39 is 0 Å². The first kappa shape index (κ1) is 17.0. The van der Waals surface area contributed by atoms with Gasteiger partial charge in [-0.05, 0) is 52.4 Å².